The molecule has 1 aromatic heterocycles. The number of morpholine rings is 1. The number of nitrogens with zero attached hydrogens (tertiary/aromatic N) is 2. The first-order valence-electron chi connectivity index (χ1n) is 6.52. The molecular weight excluding hydrogens is 250 g/mol. The number of hydrogen-bond acceptors (Lipinski definition) is 4. The summed E-state index contributed by atoms with van der Waals surface area (Å²) in [4.78, 5) is 6.76. The number of rotatable bonds is 3. The van der Waals surface area contributed by atoms with Crippen LogP contribution in [0.15, 0.2) is 18.3 Å². The molecule has 2 saturated heterocycles. The monoisotopic (exact) mass is 267 g/mol. The number of pyridine rings is 1. The molecule has 0 saturated carbocycles. The van der Waals surface area contributed by atoms with Crippen molar-refractivity contribution in [2.24, 2.45) is 0 Å². The molecule has 3 rings (SSSR count). The van der Waals surface area contributed by atoms with Crippen LogP contribution in [0, 0.1) is 0 Å². The summed E-state index contributed by atoms with van der Waals surface area (Å²) in [6, 6.07) is 4.40. The number of nitrogens with one attached hydrogen (secondary N) is 1. The van der Waals surface area contributed by atoms with Crippen molar-refractivity contribution >= 4 is 17.4 Å². The zero-order chi connectivity index (χ0) is 12.4. The lowest BCUT2D eigenvalue weighted by Crippen LogP contribution is -2.48. The smallest absolute Gasteiger partial charge is 0.126 e. The molecule has 3 heterocycles. The fraction of sp³-hybridized carbons (Fsp3) is 0.615. The molecule has 0 aromatic carbocycles. The van der Waals surface area contributed by atoms with Crippen molar-refractivity contribution in [3.63, 3.8) is 0 Å². The molecule has 98 valence electrons. The molecule has 5 heteroatoms. The van der Waals surface area contributed by atoms with Gasteiger partial charge in [0.2, 0.25) is 0 Å². The summed E-state index contributed by atoms with van der Waals surface area (Å²) in [5.74, 6) is 0.853. The largest absolute Gasteiger partial charge is 0.373 e. The molecule has 2 fully saturated rings. The summed E-state index contributed by atoms with van der Waals surface area (Å²) in [5.41, 5.74) is 0. The van der Waals surface area contributed by atoms with Gasteiger partial charge in [-0.05, 0) is 31.5 Å². The predicted molar refractivity (Wildman–Crippen MR) is 72.1 cm³/mol. The third-order valence-corrected chi connectivity index (χ3v) is 3.92. The highest BCUT2D eigenvalue weighted by molar-refractivity contribution is 6.30. The van der Waals surface area contributed by atoms with Crippen molar-refractivity contribution in [2.75, 3.05) is 31.6 Å². The predicted octanol–water partition coefficient (Wildman–Crippen LogP) is 2.01. The van der Waals surface area contributed by atoms with Gasteiger partial charge >= 0.3 is 0 Å². The molecule has 2 aliphatic heterocycles. The highest BCUT2D eigenvalue weighted by Gasteiger charge is 2.31. The van der Waals surface area contributed by atoms with Gasteiger partial charge in [-0.3, -0.25) is 4.90 Å². The lowest BCUT2D eigenvalue weighted by molar-refractivity contribution is -0.0416. The Morgan fingerprint density at radius 3 is 3.28 bits per heavy atom. The number of aromatic nitrogens is 1. The summed E-state index contributed by atoms with van der Waals surface area (Å²) >= 11 is 5.80. The normalized spacial score (nSPS) is 28.1. The fourth-order valence-corrected chi connectivity index (χ4v) is 2.82. The number of halogens is 1. The quantitative estimate of drug-likeness (QED) is 0.909. The summed E-state index contributed by atoms with van der Waals surface area (Å²) in [6.45, 7) is 3.94. The van der Waals surface area contributed by atoms with E-state index in [0.717, 1.165) is 25.5 Å². The Morgan fingerprint density at radius 1 is 1.50 bits per heavy atom. The van der Waals surface area contributed by atoms with E-state index in [2.05, 4.69) is 15.2 Å². The van der Waals surface area contributed by atoms with E-state index in [-0.39, 0.29) is 6.10 Å². The Kier molecular flexibility index (Phi) is 3.68. The molecule has 1 aromatic rings. The molecule has 2 atom stereocenters. The SMILES string of the molecule is Clc1ccc(NCC2CN3CCCC3CO2)nc1. The molecule has 0 amide bonds. The van der Waals surface area contributed by atoms with E-state index < -0.39 is 0 Å². The van der Waals surface area contributed by atoms with Crippen LogP contribution in [0.1, 0.15) is 12.8 Å². The zero-order valence-corrected chi connectivity index (χ0v) is 11.1. The highest BCUT2D eigenvalue weighted by Crippen LogP contribution is 2.22. The summed E-state index contributed by atoms with van der Waals surface area (Å²) < 4.78 is 5.88. The maximum absolute atomic E-state index is 5.88. The number of hydrogen-bond donors (Lipinski definition) is 1. The standard InChI is InChI=1S/C13H18ClN3O/c14-10-3-4-13(15-6-10)16-7-12-8-17-5-1-2-11(17)9-18-12/h3-4,6,11-12H,1-2,5,7-9H2,(H,15,16). The molecule has 4 nitrogen and oxygen atoms in total. The fourth-order valence-electron chi connectivity index (χ4n) is 2.71. The van der Waals surface area contributed by atoms with E-state index in [9.17, 15) is 0 Å². The van der Waals surface area contributed by atoms with Gasteiger partial charge in [0.25, 0.3) is 0 Å². The minimum atomic E-state index is 0.261. The van der Waals surface area contributed by atoms with Crippen LogP contribution in [-0.2, 0) is 4.74 Å². The Bertz CT molecular complexity index is 398. The van der Waals surface area contributed by atoms with Gasteiger partial charge in [-0.1, -0.05) is 11.6 Å². The first kappa shape index (κ1) is 12.2. The first-order chi connectivity index (χ1) is 8.81. The second kappa shape index (κ2) is 5.43. The van der Waals surface area contributed by atoms with E-state index >= 15 is 0 Å². The van der Waals surface area contributed by atoms with E-state index in [1.807, 2.05) is 12.1 Å². The van der Waals surface area contributed by atoms with Crippen LogP contribution in [-0.4, -0.2) is 48.3 Å². The van der Waals surface area contributed by atoms with Crippen LogP contribution in [0.3, 0.4) is 0 Å². The van der Waals surface area contributed by atoms with Crippen LogP contribution in [0.4, 0.5) is 5.82 Å². The summed E-state index contributed by atoms with van der Waals surface area (Å²) in [7, 11) is 0. The van der Waals surface area contributed by atoms with E-state index in [1.165, 1.54) is 19.4 Å². The van der Waals surface area contributed by atoms with Crippen LogP contribution in [0.25, 0.3) is 0 Å². The van der Waals surface area contributed by atoms with Crippen molar-refractivity contribution in [1.82, 2.24) is 9.88 Å². The van der Waals surface area contributed by atoms with Crippen molar-refractivity contribution < 1.29 is 4.74 Å². The third-order valence-electron chi connectivity index (χ3n) is 3.70. The molecule has 0 aliphatic carbocycles. The maximum Gasteiger partial charge on any atom is 0.126 e. The maximum atomic E-state index is 5.88. The van der Waals surface area contributed by atoms with Gasteiger partial charge in [0.1, 0.15) is 5.82 Å². The lowest BCUT2D eigenvalue weighted by Gasteiger charge is -2.35. The van der Waals surface area contributed by atoms with Gasteiger partial charge in [0, 0.05) is 25.3 Å². The minimum absolute atomic E-state index is 0.261. The average molecular weight is 268 g/mol. The zero-order valence-electron chi connectivity index (χ0n) is 10.3. The lowest BCUT2D eigenvalue weighted by atomic mass is 10.2. The van der Waals surface area contributed by atoms with Crippen molar-refractivity contribution in [2.45, 2.75) is 25.0 Å². The van der Waals surface area contributed by atoms with Gasteiger partial charge in [0.05, 0.1) is 17.7 Å². The van der Waals surface area contributed by atoms with Gasteiger partial charge in [-0.15, -0.1) is 0 Å². The van der Waals surface area contributed by atoms with Crippen LogP contribution < -0.4 is 5.32 Å². The molecule has 0 spiro atoms. The molecule has 2 unspecified atom stereocenters. The molecule has 0 radical (unpaired) electrons. The minimum Gasteiger partial charge on any atom is -0.373 e. The van der Waals surface area contributed by atoms with Crippen LogP contribution in [0.2, 0.25) is 5.02 Å². The molecule has 2 aliphatic rings. The van der Waals surface area contributed by atoms with Crippen molar-refractivity contribution in [3.05, 3.63) is 23.4 Å². The summed E-state index contributed by atoms with van der Waals surface area (Å²) in [5, 5.41) is 3.96. The second-order valence-corrected chi connectivity index (χ2v) is 5.43. The molecular formula is C13H18ClN3O. The van der Waals surface area contributed by atoms with Crippen LogP contribution >= 0.6 is 11.6 Å². The summed E-state index contributed by atoms with van der Waals surface area (Å²) in [6.07, 6.45) is 4.52. The Labute approximate surface area is 112 Å². The Morgan fingerprint density at radius 2 is 2.44 bits per heavy atom. The first-order valence-corrected chi connectivity index (χ1v) is 6.90. The van der Waals surface area contributed by atoms with E-state index in [0.29, 0.717) is 11.1 Å². The average Bonchev–Trinajstić information content (AvgIpc) is 2.85. The Balaban J connectivity index is 1.50. The van der Waals surface area contributed by atoms with Gasteiger partial charge < -0.3 is 10.1 Å². The van der Waals surface area contributed by atoms with Crippen LogP contribution in [0.5, 0.6) is 0 Å². The van der Waals surface area contributed by atoms with Crippen molar-refractivity contribution in [1.29, 1.82) is 0 Å². The Hall–Kier alpha value is -0.840. The molecule has 18 heavy (non-hydrogen) atoms. The van der Waals surface area contributed by atoms with E-state index in [1.54, 1.807) is 6.20 Å². The second-order valence-electron chi connectivity index (χ2n) is 4.99. The number of anilines is 1. The third kappa shape index (κ3) is 2.76. The van der Waals surface area contributed by atoms with Gasteiger partial charge in [-0.25, -0.2) is 4.98 Å². The van der Waals surface area contributed by atoms with E-state index in [4.69, 9.17) is 16.3 Å². The topological polar surface area (TPSA) is 37.4 Å². The number of ether oxygens (including phenoxy) is 1. The highest BCUT2D eigenvalue weighted by atomic mass is 35.5. The molecule has 1 N–H and O–H groups in total. The number of fused-ring (bicyclic) bond motifs is 1. The molecule has 0 bridgehead atoms. The van der Waals surface area contributed by atoms with Gasteiger partial charge in [-0.2, -0.15) is 0 Å². The van der Waals surface area contributed by atoms with Crippen molar-refractivity contribution in [3.8, 4) is 0 Å². The van der Waals surface area contributed by atoms with Gasteiger partial charge in [0.15, 0.2) is 0 Å².